The highest BCUT2D eigenvalue weighted by Crippen LogP contribution is 2.19. The summed E-state index contributed by atoms with van der Waals surface area (Å²) in [6.07, 6.45) is 5.67. The van der Waals surface area contributed by atoms with Gasteiger partial charge in [-0.05, 0) is 38.1 Å². The lowest BCUT2D eigenvalue weighted by molar-refractivity contribution is 0.242. The average Bonchev–Trinajstić information content (AvgIpc) is 2.25. The average molecular weight is 217 g/mol. The van der Waals surface area contributed by atoms with Gasteiger partial charge in [-0.25, -0.2) is 0 Å². The Hall–Kier alpha value is -1.46. The number of nitrogens with one attached hydrogen (secondary N) is 1. The van der Waals surface area contributed by atoms with Crippen molar-refractivity contribution >= 4 is 0 Å². The van der Waals surface area contributed by atoms with E-state index in [1.807, 2.05) is 45.0 Å². The highest BCUT2D eigenvalue weighted by molar-refractivity contribution is 5.33. The van der Waals surface area contributed by atoms with E-state index < -0.39 is 0 Å². The molecule has 0 aliphatic rings. The van der Waals surface area contributed by atoms with Gasteiger partial charge in [0, 0.05) is 0 Å². The van der Waals surface area contributed by atoms with Gasteiger partial charge in [0.1, 0.15) is 5.75 Å². The van der Waals surface area contributed by atoms with Crippen LogP contribution in [-0.4, -0.2) is 12.6 Å². The maximum Gasteiger partial charge on any atom is 0.120 e. The molecule has 1 rings (SSSR count). The first kappa shape index (κ1) is 12.6. The third-order valence-electron chi connectivity index (χ3n) is 2.14. The van der Waals surface area contributed by atoms with Crippen molar-refractivity contribution in [2.24, 2.45) is 0 Å². The van der Waals surface area contributed by atoms with Crippen LogP contribution in [-0.2, 0) is 0 Å². The number of terminal acetylenes is 1. The van der Waals surface area contributed by atoms with Crippen LogP contribution < -0.4 is 10.1 Å². The Kier molecular flexibility index (Phi) is 4.88. The molecular formula is C14H19NO. The van der Waals surface area contributed by atoms with Gasteiger partial charge in [-0.2, -0.15) is 0 Å². The third-order valence-corrected chi connectivity index (χ3v) is 2.14. The van der Waals surface area contributed by atoms with E-state index in [0.717, 1.165) is 17.9 Å². The summed E-state index contributed by atoms with van der Waals surface area (Å²) in [6, 6.07) is 7.88. The first-order valence-corrected chi connectivity index (χ1v) is 5.63. The molecule has 1 atom stereocenters. The molecule has 1 aromatic carbocycles. The van der Waals surface area contributed by atoms with Crippen molar-refractivity contribution in [3.63, 3.8) is 0 Å². The Balaban J connectivity index is 2.84. The quantitative estimate of drug-likeness (QED) is 0.766. The smallest absolute Gasteiger partial charge is 0.120 e. The highest BCUT2D eigenvalue weighted by Gasteiger charge is 2.07. The second-order valence-electron chi connectivity index (χ2n) is 3.90. The SMILES string of the molecule is C#CC(NCC)c1cccc(OC(C)C)c1. The minimum atomic E-state index is -0.0410. The second kappa shape index (κ2) is 6.19. The van der Waals surface area contributed by atoms with E-state index in [2.05, 4.69) is 11.2 Å². The van der Waals surface area contributed by atoms with Gasteiger partial charge in [0.2, 0.25) is 0 Å². The zero-order valence-electron chi connectivity index (χ0n) is 10.2. The van der Waals surface area contributed by atoms with Crippen molar-refractivity contribution < 1.29 is 4.74 Å². The monoisotopic (exact) mass is 217 g/mol. The molecule has 0 amide bonds. The van der Waals surface area contributed by atoms with Crippen LogP contribution in [0.25, 0.3) is 0 Å². The van der Waals surface area contributed by atoms with Gasteiger partial charge in [0.15, 0.2) is 0 Å². The lowest BCUT2D eigenvalue weighted by Crippen LogP contribution is -2.19. The zero-order chi connectivity index (χ0) is 12.0. The summed E-state index contributed by atoms with van der Waals surface area (Å²) in [4.78, 5) is 0. The van der Waals surface area contributed by atoms with Crippen molar-refractivity contribution in [1.29, 1.82) is 0 Å². The summed E-state index contributed by atoms with van der Waals surface area (Å²) >= 11 is 0. The molecule has 0 saturated heterocycles. The van der Waals surface area contributed by atoms with E-state index in [4.69, 9.17) is 11.2 Å². The molecule has 0 aliphatic heterocycles. The Morgan fingerprint density at radius 2 is 2.19 bits per heavy atom. The molecule has 0 radical (unpaired) electrons. The minimum absolute atomic E-state index is 0.0410. The first-order chi connectivity index (χ1) is 7.67. The van der Waals surface area contributed by atoms with Crippen LogP contribution >= 0.6 is 0 Å². The molecule has 1 aromatic rings. The minimum Gasteiger partial charge on any atom is -0.491 e. The van der Waals surface area contributed by atoms with Crippen molar-refractivity contribution in [1.82, 2.24) is 5.32 Å². The van der Waals surface area contributed by atoms with E-state index in [0.29, 0.717) is 0 Å². The number of benzene rings is 1. The van der Waals surface area contributed by atoms with Crippen LogP contribution in [0.15, 0.2) is 24.3 Å². The Morgan fingerprint density at radius 1 is 1.44 bits per heavy atom. The van der Waals surface area contributed by atoms with Crippen molar-refractivity contribution in [3.05, 3.63) is 29.8 Å². The van der Waals surface area contributed by atoms with Crippen molar-refractivity contribution in [2.75, 3.05) is 6.54 Å². The molecule has 0 heterocycles. The molecule has 0 bridgehead atoms. The van der Waals surface area contributed by atoms with Crippen LogP contribution in [0.3, 0.4) is 0 Å². The number of rotatable bonds is 5. The van der Waals surface area contributed by atoms with E-state index in [1.165, 1.54) is 0 Å². The summed E-state index contributed by atoms with van der Waals surface area (Å²) in [6.45, 7) is 6.91. The molecule has 1 unspecified atom stereocenters. The molecule has 0 fully saturated rings. The van der Waals surface area contributed by atoms with Crippen molar-refractivity contribution in [2.45, 2.75) is 32.9 Å². The molecule has 2 nitrogen and oxygen atoms in total. The maximum atomic E-state index is 5.63. The molecule has 0 aliphatic carbocycles. The normalized spacial score (nSPS) is 12.2. The largest absolute Gasteiger partial charge is 0.491 e. The summed E-state index contributed by atoms with van der Waals surface area (Å²) in [5.41, 5.74) is 1.07. The fraction of sp³-hybridized carbons (Fsp3) is 0.429. The van der Waals surface area contributed by atoms with Gasteiger partial charge in [-0.1, -0.05) is 25.0 Å². The van der Waals surface area contributed by atoms with Crippen molar-refractivity contribution in [3.8, 4) is 18.1 Å². The second-order valence-corrected chi connectivity index (χ2v) is 3.90. The zero-order valence-corrected chi connectivity index (χ0v) is 10.2. The topological polar surface area (TPSA) is 21.3 Å². The molecule has 86 valence electrons. The summed E-state index contributed by atoms with van der Waals surface area (Å²) in [7, 11) is 0. The van der Waals surface area contributed by atoms with Gasteiger partial charge >= 0.3 is 0 Å². The summed E-state index contributed by atoms with van der Waals surface area (Å²) in [5.74, 6) is 3.60. The molecule has 2 heteroatoms. The standard InChI is InChI=1S/C14H19NO/c1-5-14(15-6-2)12-8-7-9-13(10-12)16-11(3)4/h1,7-11,14-15H,6H2,2-4H3. The number of ether oxygens (including phenoxy) is 1. The van der Waals surface area contributed by atoms with Gasteiger partial charge in [0.25, 0.3) is 0 Å². The molecule has 0 saturated carbocycles. The molecule has 1 N–H and O–H groups in total. The third kappa shape index (κ3) is 3.60. The highest BCUT2D eigenvalue weighted by atomic mass is 16.5. The summed E-state index contributed by atoms with van der Waals surface area (Å²) < 4.78 is 5.63. The molecule has 0 spiro atoms. The predicted molar refractivity (Wildman–Crippen MR) is 67.5 cm³/mol. The molecular weight excluding hydrogens is 198 g/mol. The van der Waals surface area contributed by atoms with Crippen LogP contribution in [0, 0.1) is 12.3 Å². The fourth-order valence-corrected chi connectivity index (χ4v) is 1.52. The lowest BCUT2D eigenvalue weighted by Gasteiger charge is -2.14. The van der Waals surface area contributed by atoms with Gasteiger partial charge in [-0.3, -0.25) is 0 Å². The summed E-state index contributed by atoms with van der Waals surface area (Å²) in [5, 5.41) is 3.24. The van der Waals surface area contributed by atoms with E-state index in [1.54, 1.807) is 0 Å². The Bertz CT molecular complexity index is 365. The van der Waals surface area contributed by atoms with Crippen LogP contribution in [0.1, 0.15) is 32.4 Å². The van der Waals surface area contributed by atoms with Crippen LogP contribution in [0.5, 0.6) is 5.75 Å². The van der Waals surface area contributed by atoms with E-state index in [-0.39, 0.29) is 12.1 Å². The van der Waals surface area contributed by atoms with Gasteiger partial charge in [-0.15, -0.1) is 6.42 Å². The predicted octanol–water partition coefficient (Wildman–Crippen LogP) is 2.76. The number of hydrogen-bond acceptors (Lipinski definition) is 2. The Morgan fingerprint density at radius 3 is 2.75 bits per heavy atom. The first-order valence-electron chi connectivity index (χ1n) is 5.63. The Labute approximate surface area is 98.0 Å². The molecule has 16 heavy (non-hydrogen) atoms. The van der Waals surface area contributed by atoms with Gasteiger partial charge in [0.05, 0.1) is 12.1 Å². The number of hydrogen-bond donors (Lipinski definition) is 1. The maximum absolute atomic E-state index is 5.63. The van der Waals surface area contributed by atoms with E-state index >= 15 is 0 Å². The van der Waals surface area contributed by atoms with Crippen LogP contribution in [0.4, 0.5) is 0 Å². The lowest BCUT2D eigenvalue weighted by atomic mass is 10.1. The van der Waals surface area contributed by atoms with Gasteiger partial charge < -0.3 is 10.1 Å². The molecule has 0 aromatic heterocycles. The van der Waals surface area contributed by atoms with Crippen LogP contribution in [0.2, 0.25) is 0 Å². The fourth-order valence-electron chi connectivity index (χ4n) is 1.52. The van der Waals surface area contributed by atoms with E-state index in [9.17, 15) is 0 Å².